The van der Waals surface area contributed by atoms with Crippen LogP contribution in [0.3, 0.4) is 0 Å². The molecule has 0 spiro atoms. The molecule has 5 nitrogen and oxygen atoms in total. The van der Waals surface area contributed by atoms with Gasteiger partial charge in [-0.2, -0.15) is 9.64 Å². The average molecular weight is 401 g/mol. The van der Waals surface area contributed by atoms with E-state index in [1.807, 2.05) is 25.1 Å². The molecule has 1 amide bonds. The second-order valence-electron chi connectivity index (χ2n) is 5.40. The molecule has 120 valence electrons. The van der Waals surface area contributed by atoms with Crippen molar-refractivity contribution in [3.8, 4) is 6.07 Å². The molecule has 3 rings (SSSR count). The molecule has 1 aromatic carbocycles. The van der Waals surface area contributed by atoms with Crippen molar-refractivity contribution < 1.29 is 4.79 Å². The third-order valence-electron chi connectivity index (χ3n) is 3.70. The predicted molar refractivity (Wildman–Crippen MR) is 98.5 cm³/mol. The van der Waals surface area contributed by atoms with E-state index in [1.54, 1.807) is 20.0 Å². The Bertz CT molecular complexity index is 1000. The molecule has 0 radical (unpaired) electrons. The van der Waals surface area contributed by atoms with E-state index in [0.717, 1.165) is 32.6 Å². The Labute approximate surface area is 151 Å². The van der Waals surface area contributed by atoms with Crippen LogP contribution >= 0.6 is 27.5 Å². The van der Waals surface area contributed by atoms with E-state index in [9.17, 15) is 10.1 Å². The van der Waals surface area contributed by atoms with Gasteiger partial charge in [-0.1, -0.05) is 22.0 Å². The Morgan fingerprint density at radius 3 is 2.79 bits per heavy atom. The summed E-state index contributed by atoms with van der Waals surface area (Å²) >= 11 is 4.58. The molecule has 0 aliphatic carbocycles. The molecule has 0 saturated heterocycles. The van der Waals surface area contributed by atoms with Crippen molar-refractivity contribution in [1.29, 1.82) is 5.26 Å². The number of hydrogen-bond donors (Lipinski definition) is 0. The van der Waals surface area contributed by atoms with E-state index < -0.39 is 0 Å². The zero-order chi connectivity index (χ0) is 17.4. The number of benzene rings is 1. The number of fused-ring (bicyclic) bond motifs is 1. The molecule has 0 N–H and O–H groups in total. The molecule has 0 atom stereocenters. The Morgan fingerprint density at radius 1 is 1.33 bits per heavy atom. The van der Waals surface area contributed by atoms with E-state index in [1.165, 1.54) is 4.90 Å². The normalized spacial score (nSPS) is 10.6. The SMILES string of the molecule is Cc1cc(C(=O)N(C)c2snc(C)c2C#N)c2ccc(Br)cc2n1. The number of nitriles is 1. The molecule has 2 heterocycles. The Hall–Kier alpha value is -2.30. The van der Waals surface area contributed by atoms with Gasteiger partial charge < -0.3 is 4.90 Å². The largest absolute Gasteiger partial charge is 0.300 e. The zero-order valence-electron chi connectivity index (χ0n) is 13.3. The van der Waals surface area contributed by atoms with Crippen molar-refractivity contribution in [2.75, 3.05) is 11.9 Å². The molecule has 0 saturated carbocycles. The Morgan fingerprint density at radius 2 is 2.08 bits per heavy atom. The predicted octanol–water partition coefficient (Wildman–Crippen LogP) is 4.22. The molecule has 24 heavy (non-hydrogen) atoms. The van der Waals surface area contributed by atoms with Crippen LogP contribution in [0.25, 0.3) is 10.9 Å². The maximum absolute atomic E-state index is 13.0. The van der Waals surface area contributed by atoms with Gasteiger partial charge in [-0.05, 0) is 43.6 Å². The Kier molecular flexibility index (Phi) is 4.35. The molecule has 0 aliphatic rings. The molecule has 0 bridgehead atoms. The Balaban J connectivity index is 2.13. The van der Waals surface area contributed by atoms with E-state index >= 15 is 0 Å². The maximum Gasteiger partial charge on any atom is 0.259 e. The number of aryl methyl sites for hydroxylation is 2. The first-order valence-electron chi connectivity index (χ1n) is 7.13. The first-order chi connectivity index (χ1) is 11.4. The van der Waals surface area contributed by atoms with E-state index in [2.05, 4.69) is 31.4 Å². The minimum absolute atomic E-state index is 0.187. The lowest BCUT2D eigenvalue weighted by molar-refractivity contribution is 0.0995. The summed E-state index contributed by atoms with van der Waals surface area (Å²) in [5.74, 6) is -0.187. The van der Waals surface area contributed by atoms with Gasteiger partial charge in [0.25, 0.3) is 5.91 Å². The minimum Gasteiger partial charge on any atom is -0.300 e. The standard InChI is InChI=1S/C17H13BrN4OS/c1-9-6-13(12-5-4-11(18)7-15(12)20-9)16(23)22(3)17-14(8-19)10(2)21-24-17/h4-7H,1-3H3. The smallest absolute Gasteiger partial charge is 0.259 e. The fraction of sp³-hybridized carbons (Fsp3) is 0.176. The van der Waals surface area contributed by atoms with Crippen LogP contribution in [0, 0.1) is 25.2 Å². The van der Waals surface area contributed by atoms with Crippen molar-refractivity contribution in [3.63, 3.8) is 0 Å². The highest BCUT2D eigenvalue weighted by atomic mass is 79.9. The third-order valence-corrected chi connectivity index (χ3v) is 5.21. The third kappa shape index (κ3) is 2.79. The molecular weight excluding hydrogens is 388 g/mol. The topological polar surface area (TPSA) is 69.9 Å². The first-order valence-corrected chi connectivity index (χ1v) is 8.70. The summed E-state index contributed by atoms with van der Waals surface area (Å²) in [6, 6.07) is 9.53. The molecule has 0 fully saturated rings. The van der Waals surface area contributed by atoms with Gasteiger partial charge in [0.05, 0.1) is 16.8 Å². The fourth-order valence-electron chi connectivity index (χ4n) is 2.50. The minimum atomic E-state index is -0.187. The number of pyridine rings is 1. The van der Waals surface area contributed by atoms with Crippen LogP contribution in [0.1, 0.15) is 27.3 Å². The molecule has 3 aromatic rings. The van der Waals surface area contributed by atoms with Gasteiger partial charge in [0.1, 0.15) is 16.6 Å². The number of carbonyl (C=O) groups excluding carboxylic acids is 1. The van der Waals surface area contributed by atoms with E-state index in [4.69, 9.17) is 0 Å². The van der Waals surface area contributed by atoms with Crippen molar-refractivity contribution in [2.45, 2.75) is 13.8 Å². The van der Waals surface area contributed by atoms with Crippen LogP contribution in [0.15, 0.2) is 28.7 Å². The van der Waals surface area contributed by atoms with Gasteiger partial charge in [-0.3, -0.25) is 9.78 Å². The number of rotatable bonds is 2. The second-order valence-corrected chi connectivity index (χ2v) is 7.06. The lowest BCUT2D eigenvalue weighted by Gasteiger charge is -2.17. The average Bonchev–Trinajstić information content (AvgIpc) is 2.92. The van der Waals surface area contributed by atoms with Crippen LogP contribution in [-0.4, -0.2) is 22.3 Å². The summed E-state index contributed by atoms with van der Waals surface area (Å²) in [6.07, 6.45) is 0. The molecule has 2 aromatic heterocycles. The van der Waals surface area contributed by atoms with E-state index in [0.29, 0.717) is 21.8 Å². The molecular formula is C17H13BrN4OS. The van der Waals surface area contributed by atoms with Crippen molar-refractivity contribution >= 4 is 49.3 Å². The first kappa shape index (κ1) is 16.6. The second kappa shape index (κ2) is 6.30. The number of hydrogen-bond acceptors (Lipinski definition) is 5. The monoisotopic (exact) mass is 400 g/mol. The summed E-state index contributed by atoms with van der Waals surface area (Å²) in [7, 11) is 1.66. The zero-order valence-corrected chi connectivity index (χ0v) is 15.7. The molecule has 7 heteroatoms. The molecule has 0 unspecified atom stereocenters. The summed E-state index contributed by atoms with van der Waals surface area (Å²) < 4.78 is 5.09. The maximum atomic E-state index is 13.0. The number of aromatic nitrogens is 2. The molecule has 0 aliphatic heterocycles. The number of carbonyl (C=O) groups is 1. The summed E-state index contributed by atoms with van der Waals surface area (Å²) in [5, 5.41) is 10.6. The van der Waals surface area contributed by atoms with E-state index in [-0.39, 0.29) is 5.91 Å². The van der Waals surface area contributed by atoms with Crippen molar-refractivity contribution in [3.05, 3.63) is 51.3 Å². The summed E-state index contributed by atoms with van der Waals surface area (Å²) in [6.45, 7) is 3.62. The van der Waals surface area contributed by atoms with Crippen LogP contribution in [0.5, 0.6) is 0 Å². The van der Waals surface area contributed by atoms with Gasteiger partial charge in [0, 0.05) is 22.6 Å². The lowest BCUT2D eigenvalue weighted by atomic mass is 10.1. The fourth-order valence-corrected chi connectivity index (χ4v) is 3.65. The number of halogens is 1. The summed E-state index contributed by atoms with van der Waals surface area (Å²) in [4.78, 5) is 19.0. The number of amides is 1. The van der Waals surface area contributed by atoms with Crippen molar-refractivity contribution in [2.24, 2.45) is 0 Å². The number of nitrogens with zero attached hydrogens (tertiary/aromatic N) is 4. The lowest BCUT2D eigenvalue weighted by Crippen LogP contribution is -2.26. The van der Waals surface area contributed by atoms with Crippen LogP contribution in [0.2, 0.25) is 0 Å². The summed E-state index contributed by atoms with van der Waals surface area (Å²) in [5.41, 5.74) is 3.15. The van der Waals surface area contributed by atoms with Gasteiger partial charge in [0.2, 0.25) is 0 Å². The van der Waals surface area contributed by atoms with Gasteiger partial charge >= 0.3 is 0 Å². The van der Waals surface area contributed by atoms with Gasteiger partial charge in [0.15, 0.2) is 0 Å². The highest BCUT2D eigenvalue weighted by Crippen LogP contribution is 2.30. The quantitative estimate of drug-likeness (QED) is 0.645. The van der Waals surface area contributed by atoms with Crippen LogP contribution in [-0.2, 0) is 0 Å². The van der Waals surface area contributed by atoms with Crippen LogP contribution in [0.4, 0.5) is 5.00 Å². The van der Waals surface area contributed by atoms with Crippen molar-refractivity contribution in [1.82, 2.24) is 9.36 Å². The van der Waals surface area contributed by atoms with Crippen LogP contribution < -0.4 is 4.90 Å². The number of anilines is 1. The van der Waals surface area contributed by atoms with Gasteiger partial charge in [-0.25, -0.2) is 0 Å². The van der Waals surface area contributed by atoms with Gasteiger partial charge in [-0.15, -0.1) is 0 Å². The highest BCUT2D eigenvalue weighted by molar-refractivity contribution is 9.10. The highest BCUT2D eigenvalue weighted by Gasteiger charge is 2.22.